The molecule has 1 heterocycles. The van der Waals surface area contributed by atoms with Crippen LogP contribution in [0.15, 0.2) is 84.9 Å². The van der Waals surface area contributed by atoms with Crippen LogP contribution >= 0.6 is 0 Å². The van der Waals surface area contributed by atoms with Gasteiger partial charge in [0.15, 0.2) is 5.82 Å². The molecule has 0 fully saturated rings. The zero-order valence-corrected chi connectivity index (χ0v) is 18.1. The molecule has 9 heteroatoms. The van der Waals surface area contributed by atoms with E-state index in [0.29, 0.717) is 11.5 Å². The molecule has 0 saturated carbocycles. The topological polar surface area (TPSA) is 106 Å². The van der Waals surface area contributed by atoms with E-state index in [1.165, 1.54) is 0 Å². The molecule has 162 valence electrons. The minimum absolute atomic E-state index is 0.0399. The van der Waals surface area contributed by atoms with Crippen molar-refractivity contribution in [2.75, 3.05) is 11.0 Å². The fourth-order valence-electron chi connectivity index (χ4n) is 3.15. The summed E-state index contributed by atoms with van der Waals surface area (Å²) in [6.07, 6.45) is 1.08. The summed E-state index contributed by atoms with van der Waals surface area (Å²) >= 11 is 0. The monoisotopic (exact) mass is 447 g/mol. The first-order valence-electron chi connectivity index (χ1n) is 9.82. The number of carbonyl (C=O) groups is 1. The highest BCUT2D eigenvalue weighted by atomic mass is 32.2. The van der Waals surface area contributed by atoms with Crippen LogP contribution in [-0.4, -0.2) is 35.3 Å². The molecule has 1 aromatic heterocycles. The Bertz CT molecular complexity index is 1280. The van der Waals surface area contributed by atoms with E-state index in [9.17, 15) is 13.2 Å². The summed E-state index contributed by atoms with van der Waals surface area (Å²) in [6, 6.07) is 25.8. The number of amides is 1. The molecular weight excluding hydrogens is 426 g/mol. The highest BCUT2D eigenvalue weighted by Gasteiger charge is 2.18. The molecule has 0 saturated heterocycles. The fraction of sp³-hybridized carbons (Fsp3) is 0.0870. The van der Waals surface area contributed by atoms with Gasteiger partial charge in [-0.05, 0) is 29.8 Å². The van der Waals surface area contributed by atoms with Crippen molar-refractivity contribution < 1.29 is 13.2 Å². The summed E-state index contributed by atoms with van der Waals surface area (Å²) in [4.78, 5) is 17.3. The van der Waals surface area contributed by atoms with Gasteiger partial charge < -0.3 is 5.32 Å². The van der Waals surface area contributed by atoms with E-state index in [4.69, 9.17) is 0 Å². The first-order valence-corrected chi connectivity index (χ1v) is 11.7. The molecule has 4 aromatic rings. The molecule has 0 aliphatic rings. The normalized spacial score (nSPS) is 11.2. The van der Waals surface area contributed by atoms with Crippen LogP contribution in [0.3, 0.4) is 0 Å². The summed E-state index contributed by atoms with van der Waals surface area (Å²) in [5.41, 5.74) is 2.79. The minimum Gasteiger partial charge on any atom is -0.345 e. The third kappa shape index (κ3) is 5.19. The quantitative estimate of drug-likeness (QED) is 0.452. The average Bonchev–Trinajstić information content (AvgIpc) is 3.23. The van der Waals surface area contributed by atoms with Crippen molar-refractivity contribution in [2.45, 2.75) is 6.54 Å². The number of carbonyl (C=O) groups excluding carboxylic acids is 1. The van der Waals surface area contributed by atoms with Gasteiger partial charge in [-0.15, -0.1) is 5.10 Å². The Hall–Kier alpha value is -3.98. The average molecular weight is 448 g/mol. The SMILES string of the molecule is CS(=O)(=O)Nc1cccc(CNC(=O)c2nc(-c3ccccc3)n(-c3ccccc3)n2)c1. The van der Waals surface area contributed by atoms with E-state index in [1.807, 2.05) is 60.7 Å². The van der Waals surface area contributed by atoms with Crippen molar-refractivity contribution in [1.82, 2.24) is 20.1 Å². The third-order valence-corrected chi connectivity index (χ3v) is 5.13. The summed E-state index contributed by atoms with van der Waals surface area (Å²) in [5, 5.41) is 7.23. The van der Waals surface area contributed by atoms with E-state index in [2.05, 4.69) is 20.1 Å². The first kappa shape index (κ1) is 21.3. The van der Waals surface area contributed by atoms with Crippen molar-refractivity contribution >= 4 is 21.6 Å². The maximum Gasteiger partial charge on any atom is 0.291 e. The Morgan fingerprint density at radius 1 is 0.938 bits per heavy atom. The number of hydrogen-bond acceptors (Lipinski definition) is 5. The molecule has 0 atom stereocenters. The van der Waals surface area contributed by atoms with E-state index in [1.54, 1.807) is 28.9 Å². The van der Waals surface area contributed by atoms with Gasteiger partial charge in [0, 0.05) is 17.8 Å². The highest BCUT2D eigenvalue weighted by Crippen LogP contribution is 2.21. The lowest BCUT2D eigenvalue weighted by Gasteiger charge is -2.07. The Balaban J connectivity index is 1.57. The predicted octanol–water partition coefficient (Wildman–Crippen LogP) is 3.24. The Kier molecular flexibility index (Phi) is 6.00. The standard InChI is InChI=1S/C23H21N5O3S/c1-32(30,31)27-19-12-8-9-17(15-19)16-24-23(29)21-25-22(18-10-4-2-5-11-18)28(26-21)20-13-6-3-7-14-20/h2-15,27H,16H2,1H3,(H,24,29). The van der Waals surface area contributed by atoms with Crippen LogP contribution in [0.25, 0.3) is 17.1 Å². The van der Waals surface area contributed by atoms with Crippen molar-refractivity contribution in [3.05, 3.63) is 96.3 Å². The van der Waals surface area contributed by atoms with Gasteiger partial charge in [0.25, 0.3) is 5.91 Å². The van der Waals surface area contributed by atoms with Crippen molar-refractivity contribution in [1.29, 1.82) is 0 Å². The second kappa shape index (κ2) is 9.03. The number of nitrogens with zero attached hydrogens (tertiary/aromatic N) is 3. The van der Waals surface area contributed by atoms with Crippen LogP contribution < -0.4 is 10.0 Å². The number of nitrogens with one attached hydrogen (secondary N) is 2. The van der Waals surface area contributed by atoms with Crippen LogP contribution in [0.2, 0.25) is 0 Å². The number of benzene rings is 3. The smallest absolute Gasteiger partial charge is 0.291 e. The zero-order valence-electron chi connectivity index (χ0n) is 17.3. The van der Waals surface area contributed by atoms with Gasteiger partial charge in [0.05, 0.1) is 11.9 Å². The van der Waals surface area contributed by atoms with Gasteiger partial charge >= 0.3 is 0 Å². The molecule has 32 heavy (non-hydrogen) atoms. The Morgan fingerprint density at radius 2 is 1.62 bits per heavy atom. The van der Waals surface area contributed by atoms with Crippen LogP contribution in [0, 0.1) is 0 Å². The van der Waals surface area contributed by atoms with Crippen molar-refractivity contribution in [3.63, 3.8) is 0 Å². The summed E-state index contributed by atoms with van der Waals surface area (Å²) < 4.78 is 26.9. The molecule has 3 aromatic carbocycles. The number of para-hydroxylation sites is 1. The van der Waals surface area contributed by atoms with Gasteiger partial charge in [-0.2, -0.15) is 0 Å². The lowest BCUT2D eigenvalue weighted by molar-refractivity contribution is 0.0940. The van der Waals surface area contributed by atoms with Crippen LogP contribution in [-0.2, 0) is 16.6 Å². The van der Waals surface area contributed by atoms with Gasteiger partial charge in [-0.1, -0.05) is 60.7 Å². The summed E-state index contributed by atoms with van der Waals surface area (Å²) in [6.45, 7) is 0.193. The number of aromatic nitrogens is 3. The Morgan fingerprint density at radius 3 is 2.31 bits per heavy atom. The lowest BCUT2D eigenvalue weighted by Crippen LogP contribution is -2.24. The maximum atomic E-state index is 12.8. The molecule has 0 aliphatic carbocycles. The summed E-state index contributed by atoms with van der Waals surface area (Å²) in [5.74, 6) is 0.165. The highest BCUT2D eigenvalue weighted by molar-refractivity contribution is 7.92. The fourth-order valence-corrected chi connectivity index (χ4v) is 3.71. The molecule has 2 N–H and O–H groups in total. The minimum atomic E-state index is -3.38. The van der Waals surface area contributed by atoms with Crippen molar-refractivity contribution in [2.24, 2.45) is 0 Å². The molecule has 0 spiro atoms. The molecule has 4 rings (SSSR count). The molecule has 0 bridgehead atoms. The molecular formula is C23H21N5O3S. The lowest BCUT2D eigenvalue weighted by atomic mass is 10.2. The zero-order chi connectivity index (χ0) is 22.6. The molecule has 0 radical (unpaired) electrons. The Labute approximate surface area is 186 Å². The van der Waals surface area contributed by atoms with Gasteiger partial charge in [0.2, 0.25) is 15.8 Å². The van der Waals surface area contributed by atoms with Crippen LogP contribution in [0.1, 0.15) is 16.2 Å². The van der Waals surface area contributed by atoms with E-state index >= 15 is 0 Å². The van der Waals surface area contributed by atoms with Crippen LogP contribution in [0.4, 0.5) is 5.69 Å². The number of sulfonamides is 1. The van der Waals surface area contributed by atoms with E-state index < -0.39 is 15.9 Å². The number of anilines is 1. The molecule has 0 unspecified atom stereocenters. The van der Waals surface area contributed by atoms with Gasteiger partial charge in [-0.25, -0.2) is 18.1 Å². The van der Waals surface area contributed by atoms with Crippen LogP contribution in [0.5, 0.6) is 0 Å². The number of hydrogen-bond donors (Lipinski definition) is 2. The molecule has 8 nitrogen and oxygen atoms in total. The second-order valence-electron chi connectivity index (χ2n) is 7.13. The summed E-state index contributed by atoms with van der Waals surface area (Å²) in [7, 11) is -3.38. The largest absolute Gasteiger partial charge is 0.345 e. The second-order valence-corrected chi connectivity index (χ2v) is 8.88. The molecule has 1 amide bonds. The number of rotatable bonds is 7. The van der Waals surface area contributed by atoms with E-state index in [0.717, 1.165) is 23.1 Å². The van der Waals surface area contributed by atoms with E-state index in [-0.39, 0.29) is 12.4 Å². The maximum absolute atomic E-state index is 12.8. The van der Waals surface area contributed by atoms with Gasteiger partial charge in [0.1, 0.15) is 0 Å². The van der Waals surface area contributed by atoms with Crippen molar-refractivity contribution in [3.8, 4) is 17.1 Å². The molecule has 0 aliphatic heterocycles. The third-order valence-electron chi connectivity index (χ3n) is 4.53. The van der Waals surface area contributed by atoms with Gasteiger partial charge in [-0.3, -0.25) is 9.52 Å². The first-order chi connectivity index (χ1) is 15.4. The predicted molar refractivity (Wildman–Crippen MR) is 123 cm³/mol.